The zero-order chi connectivity index (χ0) is 16.5. The van der Waals surface area contributed by atoms with E-state index in [-0.39, 0.29) is 0 Å². The van der Waals surface area contributed by atoms with E-state index in [1.807, 2.05) is 6.08 Å². The zero-order valence-corrected chi connectivity index (χ0v) is 15.1. The summed E-state index contributed by atoms with van der Waals surface area (Å²) in [6.07, 6.45) is 22.3. The Labute approximate surface area is 137 Å². The predicted molar refractivity (Wildman–Crippen MR) is 96.0 cm³/mol. The molecule has 0 aliphatic heterocycles. The van der Waals surface area contributed by atoms with Gasteiger partial charge in [-0.3, -0.25) is 4.57 Å². The monoisotopic (exact) mass is 330 g/mol. The summed E-state index contributed by atoms with van der Waals surface area (Å²) in [5.41, 5.74) is 0. The molecule has 0 rings (SSSR count). The summed E-state index contributed by atoms with van der Waals surface area (Å²) in [5.74, 6) is 0.936. The molecule has 0 aromatic heterocycles. The molecular formula is C18H35O3P. The standard InChI is InChI=1S/C18H35O3P/c1-2-3-4-5-6-7-8-9-10-11-12-13-14-15-16-17-18-22(19,20)21/h15-18H,2-14H2,1H3,(H2,19,20,21). The Morgan fingerprint density at radius 2 is 1.18 bits per heavy atom. The number of unbranched alkanes of at least 4 members (excludes halogenated alkanes) is 12. The smallest absolute Gasteiger partial charge is 0.321 e. The molecule has 0 atom stereocenters. The second-order valence-electron chi connectivity index (χ2n) is 6.04. The third-order valence-corrected chi connectivity index (χ3v) is 4.31. The van der Waals surface area contributed by atoms with Crippen molar-refractivity contribution in [3.63, 3.8) is 0 Å². The van der Waals surface area contributed by atoms with E-state index in [4.69, 9.17) is 9.79 Å². The molecule has 0 spiro atoms. The maximum atomic E-state index is 10.6. The lowest BCUT2D eigenvalue weighted by molar-refractivity contribution is 0.386. The molecule has 0 amide bonds. The lowest BCUT2D eigenvalue weighted by Crippen LogP contribution is -1.82. The molecule has 0 radical (unpaired) electrons. The van der Waals surface area contributed by atoms with Gasteiger partial charge in [-0.25, -0.2) is 0 Å². The summed E-state index contributed by atoms with van der Waals surface area (Å²) in [5, 5.41) is 0. The van der Waals surface area contributed by atoms with Crippen molar-refractivity contribution in [2.45, 2.75) is 90.4 Å². The van der Waals surface area contributed by atoms with Crippen molar-refractivity contribution in [2.75, 3.05) is 0 Å². The predicted octanol–water partition coefficient (Wildman–Crippen LogP) is 6.33. The Kier molecular flexibility index (Phi) is 15.3. The summed E-state index contributed by atoms with van der Waals surface area (Å²) in [6, 6.07) is 0. The largest absolute Gasteiger partial charge is 0.349 e. The lowest BCUT2D eigenvalue weighted by atomic mass is 10.0. The van der Waals surface area contributed by atoms with Crippen LogP contribution in [-0.2, 0) is 4.57 Å². The number of rotatable bonds is 15. The van der Waals surface area contributed by atoms with E-state index in [0.29, 0.717) is 0 Å². The first-order valence-electron chi connectivity index (χ1n) is 8.96. The Bertz CT molecular complexity index is 331. The summed E-state index contributed by atoms with van der Waals surface area (Å²) in [6.45, 7) is 2.26. The number of hydrogen-bond acceptors (Lipinski definition) is 1. The molecule has 0 saturated carbocycles. The van der Waals surface area contributed by atoms with E-state index in [2.05, 4.69) is 6.92 Å². The molecule has 0 aromatic carbocycles. The van der Waals surface area contributed by atoms with Gasteiger partial charge in [0.05, 0.1) is 0 Å². The second kappa shape index (κ2) is 15.5. The normalized spacial score (nSPS) is 12.7. The van der Waals surface area contributed by atoms with Crippen LogP contribution in [-0.4, -0.2) is 9.79 Å². The topological polar surface area (TPSA) is 57.5 Å². The highest BCUT2D eigenvalue weighted by Gasteiger charge is 2.03. The van der Waals surface area contributed by atoms with Crippen LogP contribution in [0.2, 0.25) is 0 Å². The Hall–Kier alpha value is -0.370. The highest BCUT2D eigenvalue weighted by Crippen LogP contribution is 2.35. The number of hydrogen-bond donors (Lipinski definition) is 2. The van der Waals surface area contributed by atoms with Gasteiger partial charge in [0, 0.05) is 5.82 Å². The van der Waals surface area contributed by atoms with Gasteiger partial charge in [0.15, 0.2) is 0 Å². The van der Waals surface area contributed by atoms with Gasteiger partial charge in [0.2, 0.25) is 0 Å². The van der Waals surface area contributed by atoms with Gasteiger partial charge in [0.1, 0.15) is 0 Å². The summed E-state index contributed by atoms with van der Waals surface area (Å²) >= 11 is 0. The molecule has 0 unspecified atom stereocenters. The van der Waals surface area contributed by atoms with Crippen LogP contribution in [0.4, 0.5) is 0 Å². The van der Waals surface area contributed by atoms with E-state index in [1.165, 1.54) is 76.7 Å². The fourth-order valence-corrected chi connectivity index (χ4v) is 2.76. The van der Waals surface area contributed by atoms with Crippen molar-refractivity contribution in [3.8, 4) is 0 Å². The fourth-order valence-electron chi connectivity index (χ4n) is 2.44. The van der Waals surface area contributed by atoms with Gasteiger partial charge in [0.25, 0.3) is 0 Å². The molecule has 2 N–H and O–H groups in total. The first kappa shape index (κ1) is 21.6. The Balaban J connectivity index is 3.19. The first-order valence-corrected chi connectivity index (χ1v) is 10.6. The zero-order valence-electron chi connectivity index (χ0n) is 14.3. The van der Waals surface area contributed by atoms with Crippen molar-refractivity contribution in [1.82, 2.24) is 0 Å². The first-order chi connectivity index (χ1) is 10.6. The van der Waals surface area contributed by atoms with E-state index in [0.717, 1.165) is 18.7 Å². The third kappa shape index (κ3) is 19.6. The summed E-state index contributed by atoms with van der Waals surface area (Å²) < 4.78 is 10.6. The highest BCUT2D eigenvalue weighted by molar-refractivity contribution is 7.55. The van der Waals surface area contributed by atoms with Crippen LogP contribution in [0.1, 0.15) is 90.4 Å². The van der Waals surface area contributed by atoms with E-state index >= 15 is 0 Å². The van der Waals surface area contributed by atoms with Crippen molar-refractivity contribution in [3.05, 3.63) is 24.0 Å². The Morgan fingerprint density at radius 1 is 0.727 bits per heavy atom. The van der Waals surface area contributed by atoms with Crippen molar-refractivity contribution in [1.29, 1.82) is 0 Å². The second-order valence-corrected chi connectivity index (χ2v) is 7.51. The average molecular weight is 330 g/mol. The minimum absolute atomic E-state index is 0.936. The van der Waals surface area contributed by atoms with Gasteiger partial charge in [-0.2, -0.15) is 0 Å². The maximum absolute atomic E-state index is 10.6. The van der Waals surface area contributed by atoms with E-state index < -0.39 is 7.60 Å². The molecule has 0 aliphatic carbocycles. The van der Waals surface area contributed by atoms with Crippen LogP contribution in [0.15, 0.2) is 24.0 Å². The molecule has 0 aromatic rings. The maximum Gasteiger partial charge on any atom is 0.349 e. The number of allylic oxidation sites excluding steroid dienone is 3. The lowest BCUT2D eigenvalue weighted by Gasteiger charge is -2.02. The summed E-state index contributed by atoms with van der Waals surface area (Å²) in [4.78, 5) is 17.2. The minimum atomic E-state index is -3.99. The highest BCUT2D eigenvalue weighted by atomic mass is 31.2. The van der Waals surface area contributed by atoms with Crippen LogP contribution in [0.25, 0.3) is 0 Å². The van der Waals surface area contributed by atoms with Crippen LogP contribution in [0.3, 0.4) is 0 Å². The van der Waals surface area contributed by atoms with Crippen molar-refractivity contribution >= 4 is 7.60 Å². The van der Waals surface area contributed by atoms with Crippen LogP contribution in [0.5, 0.6) is 0 Å². The fraction of sp³-hybridized carbons (Fsp3) is 0.778. The van der Waals surface area contributed by atoms with Gasteiger partial charge in [-0.1, -0.05) is 95.8 Å². The molecule has 0 bridgehead atoms. The van der Waals surface area contributed by atoms with Crippen LogP contribution < -0.4 is 0 Å². The molecule has 4 heteroatoms. The average Bonchev–Trinajstić information content (AvgIpc) is 2.45. The molecule has 0 fully saturated rings. The van der Waals surface area contributed by atoms with E-state index in [9.17, 15) is 4.57 Å². The van der Waals surface area contributed by atoms with Gasteiger partial charge in [-0.05, 0) is 12.8 Å². The molecule has 22 heavy (non-hydrogen) atoms. The van der Waals surface area contributed by atoms with Gasteiger partial charge in [-0.15, -0.1) is 0 Å². The van der Waals surface area contributed by atoms with E-state index in [1.54, 1.807) is 6.08 Å². The third-order valence-electron chi connectivity index (χ3n) is 3.75. The Morgan fingerprint density at radius 3 is 1.64 bits per heavy atom. The van der Waals surface area contributed by atoms with Crippen molar-refractivity contribution < 1.29 is 14.4 Å². The minimum Gasteiger partial charge on any atom is -0.321 e. The molecule has 0 saturated heterocycles. The quantitative estimate of drug-likeness (QED) is 0.210. The molecule has 0 heterocycles. The van der Waals surface area contributed by atoms with Crippen LogP contribution in [0, 0.1) is 0 Å². The SMILES string of the molecule is CCCCCCCCCCCCCCC=CC=CP(=O)(O)O. The molecular weight excluding hydrogens is 295 g/mol. The van der Waals surface area contributed by atoms with Gasteiger partial charge < -0.3 is 9.79 Å². The van der Waals surface area contributed by atoms with Crippen molar-refractivity contribution in [2.24, 2.45) is 0 Å². The summed E-state index contributed by atoms with van der Waals surface area (Å²) in [7, 11) is -3.99. The molecule has 0 aliphatic rings. The molecule has 3 nitrogen and oxygen atoms in total. The van der Waals surface area contributed by atoms with Gasteiger partial charge >= 0.3 is 7.60 Å². The van der Waals surface area contributed by atoms with Crippen LogP contribution >= 0.6 is 7.60 Å². The molecule has 130 valence electrons.